The zero-order valence-electron chi connectivity index (χ0n) is 14.5. The fraction of sp³-hybridized carbons (Fsp3) is 0.765. The highest BCUT2D eigenvalue weighted by atomic mass is 15.3. The van der Waals surface area contributed by atoms with Crippen LogP contribution in [0.15, 0.2) is 17.3 Å². The molecule has 1 aliphatic heterocycles. The van der Waals surface area contributed by atoms with E-state index in [-0.39, 0.29) is 0 Å². The van der Waals surface area contributed by atoms with Crippen LogP contribution in [0.1, 0.15) is 45.7 Å². The van der Waals surface area contributed by atoms with E-state index in [9.17, 15) is 0 Å². The summed E-state index contributed by atoms with van der Waals surface area (Å²) in [6.07, 6.45) is 5.70. The molecule has 0 radical (unpaired) electrons. The number of nitrogens with zero attached hydrogens (tertiary/aromatic N) is 4. The smallest absolute Gasteiger partial charge is 0.194 e. The lowest BCUT2D eigenvalue weighted by Gasteiger charge is -2.24. The van der Waals surface area contributed by atoms with Gasteiger partial charge in [-0.15, -0.1) is 0 Å². The number of likely N-dealkylation sites (tertiary alicyclic amines) is 1. The van der Waals surface area contributed by atoms with Crippen LogP contribution in [0.4, 0.5) is 0 Å². The van der Waals surface area contributed by atoms with Gasteiger partial charge in [-0.3, -0.25) is 4.68 Å². The van der Waals surface area contributed by atoms with Crippen molar-refractivity contribution in [3.63, 3.8) is 0 Å². The van der Waals surface area contributed by atoms with Crippen molar-refractivity contribution in [2.75, 3.05) is 19.6 Å². The molecule has 0 bridgehead atoms. The van der Waals surface area contributed by atoms with Gasteiger partial charge in [0.1, 0.15) is 0 Å². The quantitative estimate of drug-likeness (QED) is 0.649. The normalized spacial score (nSPS) is 19.2. The summed E-state index contributed by atoms with van der Waals surface area (Å²) < 4.78 is 1.89. The molecule has 1 N–H and O–H groups in total. The van der Waals surface area contributed by atoms with Crippen molar-refractivity contribution in [1.82, 2.24) is 20.0 Å². The Morgan fingerprint density at radius 3 is 2.77 bits per heavy atom. The van der Waals surface area contributed by atoms with Crippen molar-refractivity contribution >= 4 is 5.96 Å². The van der Waals surface area contributed by atoms with E-state index in [1.807, 2.05) is 24.0 Å². The summed E-state index contributed by atoms with van der Waals surface area (Å²) in [6, 6.07) is 2.03. The molecule has 5 nitrogen and oxygen atoms in total. The maximum absolute atomic E-state index is 4.81. The Balaban J connectivity index is 2.01. The van der Waals surface area contributed by atoms with Gasteiger partial charge in [0.2, 0.25) is 0 Å². The Bertz CT molecular complexity index is 475. The lowest BCUT2D eigenvalue weighted by molar-refractivity contribution is 0.319. The van der Waals surface area contributed by atoms with Gasteiger partial charge in [0.15, 0.2) is 5.96 Å². The van der Waals surface area contributed by atoms with Crippen LogP contribution in [0, 0.1) is 11.8 Å². The second-order valence-electron chi connectivity index (χ2n) is 6.19. The molecular weight excluding hydrogens is 274 g/mol. The first kappa shape index (κ1) is 16.8. The van der Waals surface area contributed by atoms with E-state index in [4.69, 9.17) is 4.99 Å². The van der Waals surface area contributed by atoms with Crippen LogP contribution < -0.4 is 5.32 Å². The Morgan fingerprint density at radius 2 is 2.18 bits per heavy atom. The number of rotatable bonds is 6. The highest BCUT2D eigenvalue weighted by molar-refractivity contribution is 5.80. The first-order valence-corrected chi connectivity index (χ1v) is 8.69. The third-order valence-electron chi connectivity index (χ3n) is 4.89. The lowest BCUT2D eigenvalue weighted by Crippen LogP contribution is -2.40. The topological polar surface area (TPSA) is 45.5 Å². The molecule has 1 aromatic heterocycles. The van der Waals surface area contributed by atoms with Crippen molar-refractivity contribution in [1.29, 1.82) is 0 Å². The fourth-order valence-electron chi connectivity index (χ4n) is 3.46. The second-order valence-corrected chi connectivity index (χ2v) is 6.19. The summed E-state index contributed by atoms with van der Waals surface area (Å²) in [6.45, 7) is 10.6. The molecule has 2 heterocycles. The molecule has 1 aliphatic rings. The number of aryl methyl sites for hydroxylation is 1. The largest absolute Gasteiger partial charge is 0.357 e. The molecular formula is C17H31N5. The van der Waals surface area contributed by atoms with Crippen molar-refractivity contribution in [3.8, 4) is 0 Å². The zero-order valence-corrected chi connectivity index (χ0v) is 14.5. The molecule has 2 rings (SSSR count). The van der Waals surface area contributed by atoms with Gasteiger partial charge in [-0.2, -0.15) is 5.10 Å². The molecule has 0 spiro atoms. The Labute approximate surface area is 134 Å². The molecule has 5 heteroatoms. The van der Waals surface area contributed by atoms with Gasteiger partial charge in [0.05, 0.1) is 12.2 Å². The minimum absolute atomic E-state index is 0.686. The Hall–Kier alpha value is -1.52. The molecule has 0 aliphatic carbocycles. The number of aromatic nitrogens is 2. The number of aliphatic imine (C=N–C) groups is 1. The minimum Gasteiger partial charge on any atom is -0.357 e. The summed E-state index contributed by atoms with van der Waals surface area (Å²) in [4.78, 5) is 7.25. The molecule has 1 unspecified atom stereocenters. The van der Waals surface area contributed by atoms with Gasteiger partial charge >= 0.3 is 0 Å². The SMILES string of the molecule is CCNC(=NCc1ccnn1C)N1CCC(C(CC)CC)C1. The first-order chi connectivity index (χ1) is 10.7. The van der Waals surface area contributed by atoms with Gasteiger partial charge < -0.3 is 10.2 Å². The highest BCUT2D eigenvalue weighted by Gasteiger charge is 2.29. The van der Waals surface area contributed by atoms with E-state index in [0.717, 1.165) is 43.1 Å². The predicted octanol–water partition coefficient (Wildman–Crippen LogP) is 2.64. The standard InChI is InChI=1S/C17H31N5/c1-5-14(6-2)15-9-11-22(13-15)17(18-7-3)19-12-16-8-10-20-21(16)4/h8,10,14-15H,5-7,9,11-13H2,1-4H3,(H,18,19). The molecule has 0 saturated carbocycles. The van der Waals surface area contributed by atoms with Crippen LogP contribution in [0.5, 0.6) is 0 Å². The van der Waals surface area contributed by atoms with Crippen LogP contribution in [0.3, 0.4) is 0 Å². The van der Waals surface area contributed by atoms with E-state index in [2.05, 4.69) is 36.1 Å². The third kappa shape index (κ3) is 4.02. The van der Waals surface area contributed by atoms with Crippen LogP contribution in [-0.4, -0.2) is 40.3 Å². The van der Waals surface area contributed by atoms with E-state index < -0.39 is 0 Å². The number of nitrogens with one attached hydrogen (secondary N) is 1. The van der Waals surface area contributed by atoms with Crippen LogP contribution in [0.2, 0.25) is 0 Å². The van der Waals surface area contributed by atoms with Gasteiger partial charge in [-0.05, 0) is 31.2 Å². The lowest BCUT2D eigenvalue weighted by atomic mass is 9.87. The predicted molar refractivity (Wildman–Crippen MR) is 91.8 cm³/mol. The first-order valence-electron chi connectivity index (χ1n) is 8.69. The van der Waals surface area contributed by atoms with Crippen molar-refractivity contribution in [2.24, 2.45) is 23.9 Å². The van der Waals surface area contributed by atoms with Gasteiger partial charge in [0, 0.05) is 32.9 Å². The zero-order chi connectivity index (χ0) is 15.9. The van der Waals surface area contributed by atoms with Crippen molar-refractivity contribution in [2.45, 2.75) is 46.6 Å². The molecule has 22 heavy (non-hydrogen) atoms. The van der Waals surface area contributed by atoms with Gasteiger partial charge in [-0.25, -0.2) is 4.99 Å². The second kappa shape index (κ2) is 8.20. The molecule has 0 aromatic carbocycles. The van der Waals surface area contributed by atoms with Crippen LogP contribution in [0.25, 0.3) is 0 Å². The molecule has 1 saturated heterocycles. The summed E-state index contributed by atoms with van der Waals surface area (Å²) in [5, 5.41) is 7.66. The Morgan fingerprint density at radius 1 is 1.41 bits per heavy atom. The van der Waals surface area contributed by atoms with Crippen LogP contribution >= 0.6 is 0 Å². The van der Waals surface area contributed by atoms with Crippen molar-refractivity contribution < 1.29 is 0 Å². The Kier molecular flexibility index (Phi) is 6.28. The van der Waals surface area contributed by atoms with E-state index in [1.165, 1.54) is 19.3 Å². The number of hydrogen-bond donors (Lipinski definition) is 1. The monoisotopic (exact) mass is 305 g/mol. The summed E-state index contributed by atoms with van der Waals surface area (Å²) >= 11 is 0. The van der Waals surface area contributed by atoms with E-state index in [0.29, 0.717) is 6.54 Å². The van der Waals surface area contributed by atoms with Gasteiger partial charge in [0.25, 0.3) is 0 Å². The fourth-order valence-corrected chi connectivity index (χ4v) is 3.46. The summed E-state index contributed by atoms with van der Waals surface area (Å²) in [7, 11) is 1.97. The molecule has 1 fully saturated rings. The van der Waals surface area contributed by atoms with E-state index in [1.54, 1.807) is 0 Å². The van der Waals surface area contributed by atoms with E-state index >= 15 is 0 Å². The number of guanidine groups is 1. The maximum atomic E-state index is 4.81. The average molecular weight is 305 g/mol. The maximum Gasteiger partial charge on any atom is 0.194 e. The molecule has 124 valence electrons. The average Bonchev–Trinajstić information content (AvgIpc) is 3.15. The summed E-state index contributed by atoms with van der Waals surface area (Å²) in [5.41, 5.74) is 1.14. The van der Waals surface area contributed by atoms with Gasteiger partial charge in [-0.1, -0.05) is 26.7 Å². The summed E-state index contributed by atoms with van der Waals surface area (Å²) in [5.74, 6) is 2.72. The minimum atomic E-state index is 0.686. The third-order valence-corrected chi connectivity index (χ3v) is 4.89. The molecule has 1 atom stereocenters. The molecule has 0 amide bonds. The van der Waals surface area contributed by atoms with Crippen LogP contribution in [-0.2, 0) is 13.6 Å². The molecule has 1 aromatic rings. The van der Waals surface area contributed by atoms with Crippen molar-refractivity contribution in [3.05, 3.63) is 18.0 Å². The number of hydrogen-bond acceptors (Lipinski definition) is 2. The highest BCUT2D eigenvalue weighted by Crippen LogP contribution is 2.28.